The third kappa shape index (κ3) is 4.48. The number of halogens is 1. The second-order valence-electron chi connectivity index (χ2n) is 6.73. The van der Waals surface area contributed by atoms with Crippen LogP contribution in [-0.2, 0) is 14.3 Å². The Labute approximate surface area is 159 Å². The Morgan fingerprint density at radius 3 is 2.42 bits per heavy atom. The van der Waals surface area contributed by atoms with Gasteiger partial charge in [-0.05, 0) is 31.9 Å². The maximum atomic E-state index is 12.6. The summed E-state index contributed by atoms with van der Waals surface area (Å²) >= 11 is 6.09. The Morgan fingerprint density at radius 2 is 1.77 bits per heavy atom. The number of benzene rings is 1. The smallest absolute Gasteiger partial charge is 0.263 e. The Morgan fingerprint density at radius 1 is 1.12 bits per heavy atom. The first-order valence-corrected chi connectivity index (χ1v) is 9.50. The van der Waals surface area contributed by atoms with Gasteiger partial charge in [-0.3, -0.25) is 9.59 Å². The number of nitrogens with zero attached hydrogens (tertiary/aromatic N) is 2. The molecule has 2 aliphatic heterocycles. The predicted octanol–water partition coefficient (Wildman–Crippen LogP) is 2.20. The summed E-state index contributed by atoms with van der Waals surface area (Å²) in [6.07, 6.45) is 0.781. The van der Waals surface area contributed by atoms with E-state index in [2.05, 4.69) is 0 Å². The fourth-order valence-corrected chi connectivity index (χ4v) is 3.61. The summed E-state index contributed by atoms with van der Waals surface area (Å²) < 4.78 is 11.0. The summed E-state index contributed by atoms with van der Waals surface area (Å²) in [7, 11) is 0. The molecule has 0 N–H and O–H groups in total. The Balaban J connectivity index is 1.50. The van der Waals surface area contributed by atoms with Crippen molar-refractivity contribution in [2.45, 2.75) is 25.9 Å². The number of para-hydroxylation sites is 1. The lowest BCUT2D eigenvalue weighted by molar-refractivity contribution is -0.145. The minimum atomic E-state index is -0.610. The molecule has 142 valence electrons. The number of ether oxygens (including phenoxy) is 2. The van der Waals surface area contributed by atoms with Crippen molar-refractivity contribution in [1.82, 2.24) is 9.80 Å². The molecule has 0 bridgehead atoms. The van der Waals surface area contributed by atoms with E-state index in [1.807, 2.05) is 17.0 Å². The lowest BCUT2D eigenvalue weighted by Crippen LogP contribution is -2.49. The summed E-state index contributed by atoms with van der Waals surface area (Å²) in [4.78, 5) is 28.9. The summed E-state index contributed by atoms with van der Waals surface area (Å²) in [6, 6.07) is 7.12. The van der Waals surface area contributed by atoms with Crippen molar-refractivity contribution in [3.05, 3.63) is 29.3 Å². The molecule has 0 aromatic heterocycles. The highest BCUT2D eigenvalue weighted by molar-refractivity contribution is 6.32. The molecule has 3 rings (SSSR count). The van der Waals surface area contributed by atoms with Crippen LogP contribution in [0.15, 0.2) is 24.3 Å². The average molecular weight is 381 g/mol. The van der Waals surface area contributed by atoms with Crippen LogP contribution in [-0.4, -0.2) is 67.1 Å². The van der Waals surface area contributed by atoms with E-state index < -0.39 is 6.10 Å². The van der Waals surface area contributed by atoms with Crippen LogP contribution in [0.1, 0.15) is 19.8 Å². The van der Waals surface area contributed by atoms with Gasteiger partial charge in [0.25, 0.3) is 5.91 Å². The average Bonchev–Trinajstić information content (AvgIpc) is 2.69. The van der Waals surface area contributed by atoms with Crippen LogP contribution in [0.2, 0.25) is 5.02 Å². The maximum absolute atomic E-state index is 12.6. The lowest BCUT2D eigenvalue weighted by Gasteiger charge is -2.36. The van der Waals surface area contributed by atoms with Gasteiger partial charge in [-0.2, -0.15) is 0 Å². The predicted molar refractivity (Wildman–Crippen MR) is 98.2 cm³/mol. The third-order valence-corrected chi connectivity index (χ3v) is 5.28. The van der Waals surface area contributed by atoms with Crippen LogP contribution in [0, 0.1) is 5.92 Å². The SMILES string of the molecule is CC(Oc1ccccc1Cl)C(=O)N1CCC(C(=O)N2CCOCC2)CC1. The highest BCUT2D eigenvalue weighted by Crippen LogP contribution is 2.26. The van der Waals surface area contributed by atoms with Gasteiger partial charge >= 0.3 is 0 Å². The summed E-state index contributed by atoms with van der Waals surface area (Å²) in [5.41, 5.74) is 0. The molecule has 1 atom stereocenters. The van der Waals surface area contributed by atoms with Gasteiger partial charge in [0.2, 0.25) is 5.91 Å². The van der Waals surface area contributed by atoms with Crippen molar-refractivity contribution in [3.8, 4) is 5.75 Å². The van der Waals surface area contributed by atoms with Gasteiger partial charge in [0.1, 0.15) is 5.75 Å². The van der Waals surface area contributed by atoms with Gasteiger partial charge in [0, 0.05) is 32.1 Å². The number of likely N-dealkylation sites (tertiary alicyclic amines) is 1. The topological polar surface area (TPSA) is 59.1 Å². The molecule has 0 saturated carbocycles. The first kappa shape index (κ1) is 19.0. The molecule has 2 fully saturated rings. The normalized spacial score (nSPS) is 19.9. The van der Waals surface area contributed by atoms with Crippen molar-refractivity contribution >= 4 is 23.4 Å². The molecule has 0 aliphatic carbocycles. The Hall–Kier alpha value is -1.79. The van der Waals surface area contributed by atoms with Crippen LogP contribution in [0.4, 0.5) is 0 Å². The molecular weight excluding hydrogens is 356 g/mol. The number of amides is 2. The van der Waals surface area contributed by atoms with Gasteiger partial charge in [-0.15, -0.1) is 0 Å². The zero-order chi connectivity index (χ0) is 18.5. The van der Waals surface area contributed by atoms with E-state index in [0.717, 1.165) is 0 Å². The van der Waals surface area contributed by atoms with Crippen LogP contribution in [0.3, 0.4) is 0 Å². The van der Waals surface area contributed by atoms with Crippen molar-refractivity contribution < 1.29 is 19.1 Å². The highest BCUT2D eigenvalue weighted by Gasteiger charge is 2.32. The Bertz CT molecular complexity index is 640. The van der Waals surface area contributed by atoms with Crippen molar-refractivity contribution in [2.24, 2.45) is 5.92 Å². The van der Waals surface area contributed by atoms with Crippen molar-refractivity contribution in [2.75, 3.05) is 39.4 Å². The second kappa shape index (κ2) is 8.73. The van der Waals surface area contributed by atoms with E-state index >= 15 is 0 Å². The summed E-state index contributed by atoms with van der Waals surface area (Å²) in [5, 5.41) is 0.488. The number of piperidine rings is 1. The van der Waals surface area contributed by atoms with Crippen LogP contribution in [0.5, 0.6) is 5.75 Å². The molecule has 1 aromatic rings. The number of carbonyl (C=O) groups excluding carboxylic acids is 2. The number of hydrogen-bond donors (Lipinski definition) is 0. The molecule has 7 heteroatoms. The molecule has 2 saturated heterocycles. The zero-order valence-electron chi connectivity index (χ0n) is 15.0. The first-order chi connectivity index (χ1) is 12.6. The standard InChI is InChI=1S/C19H25ClN2O4/c1-14(26-17-5-3-2-4-16(17)20)18(23)21-8-6-15(7-9-21)19(24)22-10-12-25-13-11-22/h2-5,14-15H,6-13H2,1H3. The monoisotopic (exact) mass is 380 g/mol. The number of carbonyl (C=O) groups is 2. The van der Waals surface area contributed by atoms with Crippen molar-refractivity contribution in [1.29, 1.82) is 0 Å². The van der Waals surface area contributed by atoms with Crippen molar-refractivity contribution in [3.63, 3.8) is 0 Å². The molecule has 1 aromatic carbocycles. The van der Waals surface area contributed by atoms with E-state index in [1.165, 1.54) is 0 Å². The quantitative estimate of drug-likeness (QED) is 0.803. The number of rotatable bonds is 4. The minimum absolute atomic E-state index is 0.00283. The first-order valence-electron chi connectivity index (χ1n) is 9.13. The van der Waals surface area contributed by atoms with E-state index in [4.69, 9.17) is 21.1 Å². The Kier molecular flexibility index (Phi) is 6.38. The summed E-state index contributed by atoms with van der Waals surface area (Å²) in [5.74, 6) is 0.632. The van der Waals surface area contributed by atoms with Crippen LogP contribution < -0.4 is 4.74 Å². The van der Waals surface area contributed by atoms with Gasteiger partial charge in [-0.1, -0.05) is 23.7 Å². The fraction of sp³-hybridized carbons (Fsp3) is 0.579. The van der Waals surface area contributed by atoms with Gasteiger partial charge in [0.05, 0.1) is 18.2 Å². The lowest BCUT2D eigenvalue weighted by atomic mass is 9.95. The fourth-order valence-electron chi connectivity index (χ4n) is 3.43. The molecule has 2 amide bonds. The maximum Gasteiger partial charge on any atom is 0.263 e. The van der Waals surface area contributed by atoms with E-state index in [0.29, 0.717) is 63.0 Å². The molecule has 26 heavy (non-hydrogen) atoms. The van der Waals surface area contributed by atoms with Crippen LogP contribution >= 0.6 is 11.6 Å². The van der Waals surface area contributed by atoms with E-state index in [1.54, 1.807) is 24.0 Å². The van der Waals surface area contributed by atoms with E-state index in [9.17, 15) is 9.59 Å². The highest BCUT2D eigenvalue weighted by atomic mass is 35.5. The van der Waals surface area contributed by atoms with Gasteiger partial charge < -0.3 is 19.3 Å². The molecule has 6 nitrogen and oxygen atoms in total. The zero-order valence-corrected chi connectivity index (χ0v) is 15.8. The molecule has 0 spiro atoms. The van der Waals surface area contributed by atoms with E-state index in [-0.39, 0.29) is 17.7 Å². The number of morpholine rings is 1. The molecule has 0 radical (unpaired) electrons. The minimum Gasteiger partial charge on any atom is -0.479 e. The summed E-state index contributed by atoms with van der Waals surface area (Å²) in [6.45, 7) is 5.45. The number of hydrogen-bond acceptors (Lipinski definition) is 4. The molecule has 2 heterocycles. The molecular formula is C19H25ClN2O4. The second-order valence-corrected chi connectivity index (χ2v) is 7.13. The van der Waals surface area contributed by atoms with Gasteiger partial charge in [0.15, 0.2) is 6.10 Å². The van der Waals surface area contributed by atoms with Gasteiger partial charge in [-0.25, -0.2) is 0 Å². The van der Waals surface area contributed by atoms with Crippen LogP contribution in [0.25, 0.3) is 0 Å². The molecule has 2 aliphatic rings. The molecule has 1 unspecified atom stereocenters. The largest absolute Gasteiger partial charge is 0.479 e. The third-order valence-electron chi connectivity index (χ3n) is 4.97.